The van der Waals surface area contributed by atoms with Gasteiger partial charge in [0, 0.05) is 13.2 Å². The predicted octanol–water partition coefficient (Wildman–Crippen LogP) is 1.61. The number of hydrogen-bond donors (Lipinski definition) is 2. The molecule has 1 rings (SSSR count). The van der Waals surface area contributed by atoms with Crippen molar-refractivity contribution in [3.8, 4) is 0 Å². The van der Waals surface area contributed by atoms with E-state index in [4.69, 9.17) is 16.7 Å². The van der Waals surface area contributed by atoms with Gasteiger partial charge in [0.15, 0.2) is 11.0 Å². The van der Waals surface area contributed by atoms with Crippen LogP contribution in [0.25, 0.3) is 0 Å². The van der Waals surface area contributed by atoms with E-state index in [0.29, 0.717) is 0 Å². The van der Waals surface area contributed by atoms with E-state index in [1.165, 1.54) is 7.05 Å². The van der Waals surface area contributed by atoms with Crippen molar-refractivity contribution in [2.24, 2.45) is 0 Å². The maximum atomic E-state index is 13.1. The Labute approximate surface area is 78.4 Å². The summed E-state index contributed by atoms with van der Waals surface area (Å²) in [6.07, 6.45) is 1.000. The van der Waals surface area contributed by atoms with Crippen molar-refractivity contribution in [1.29, 1.82) is 0 Å². The number of carbonyl (C=O) groups is 1. The normalized spacial score (nSPS) is 9.77. The van der Waals surface area contributed by atoms with Gasteiger partial charge < -0.3 is 10.4 Å². The zero-order valence-electron chi connectivity index (χ0n) is 6.64. The van der Waals surface area contributed by atoms with Crippen LogP contribution < -0.4 is 5.32 Å². The summed E-state index contributed by atoms with van der Waals surface area (Å²) in [5.41, 5.74) is -0.406. The average molecular weight is 205 g/mol. The molecular weight excluding hydrogens is 199 g/mol. The van der Waals surface area contributed by atoms with Crippen LogP contribution in [0, 0.1) is 5.82 Å². The van der Waals surface area contributed by atoms with Gasteiger partial charge in [-0.2, -0.15) is 0 Å². The summed E-state index contributed by atoms with van der Waals surface area (Å²) in [5, 5.41) is 10.7. The summed E-state index contributed by atoms with van der Waals surface area (Å²) >= 11 is 5.35. The average Bonchev–Trinajstić information content (AvgIpc) is 2.09. The number of hydrogen-bond acceptors (Lipinski definition) is 3. The summed E-state index contributed by atoms with van der Waals surface area (Å²) in [6.45, 7) is 0. The van der Waals surface area contributed by atoms with Crippen LogP contribution in [0.15, 0.2) is 6.20 Å². The highest BCUT2D eigenvalue weighted by Gasteiger charge is 2.16. The molecule has 0 fully saturated rings. The monoisotopic (exact) mass is 204 g/mol. The SMILES string of the molecule is CNc1c(C(=O)O)cnc(Cl)c1F. The van der Waals surface area contributed by atoms with Crippen molar-refractivity contribution in [2.45, 2.75) is 0 Å². The fourth-order valence-corrected chi connectivity index (χ4v) is 1.01. The minimum atomic E-state index is -1.26. The van der Waals surface area contributed by atoms with Crippen molar-refractivity contribution >= 4 is 23.3 Å². The Morgan fingerprint density at radius 2 is 2.38 bits per heavy atom. The van der Waals surface area contributed by atoms with Crippen LogP contribution in [0.1, 0.15) is 10.4 Å². The fourth-order valence-electron chi connectivity index (χ4n) is 0.870. The lowest BCUT2D eigenvalue weighted by atomic mass is 10.2. The first-order valence-electron chi connectivity index (χ1n) is 3.33. The molecule has 1 heterocycles. The number of aromatic carboxylic acids is 1. The molecule has 0 aliphatic heterocycles. The molecule has 2 N–H and O–H groups in total. The Bertz CT molecular complexity index is 357. The van der Waals surface area contributed by atoms with Crippen LogP contribution in [-0.2, 0) is 0 Å². The fraction of sp³-hybridized carbons (Fsp3) is 0.143. The lowest BCUT2D eigenvalue weighted by molar-refractivity contribution is 0.0697. The number of rotatable bonds is 2. The molecule has 0 aromatic carbocycles. The Morgan fingerprint density at radius 1 is 1.77 bits per heavy atom. The van der Waals surface area contributed by atoms with Crippen LogP contribution in [0.2, 0.25) is 5.15 Å². The van der Waals surface area contributed by atoms with Crippen LogP contribution in [0.5, 0.6) is 0 Å². The molecule has 0 unspecified atom stereocenters. The lowest BCUT2D eigenvalue weighted by Gasteiger charge is -2.06. The van der Waals surface area contributed by atoms with E-state index in [1.54, 1.807) is 0 Å². The minimum Gasteiger partial charge on any atom is -0.478 e. The summed E-state index contributed by atoms with van der Waals surface area (Å²) in [6, 6.07) is 0. The zero-order valence-corrected chi connectivity index (χ0v) is 7.39. The summed E-state index contributed by atoms with van der Waals surface area (Å²) < 4.78 is 13.1. The molecular formula is C7H6ClFN2O2. The Balaban J connectivity index is 3.38. The van der Waals surface area contributed by atoms with Crippen LogP contribution in [-0.4, -0.2) is 23.1 Å². The highest BCUT2D eigenvalue weighted by molar-refractivity contribution is 6.30. The molecule has 1 aromatic heterocycles. The molecule has 0 aliphatic carbocycles. The van der Waals surface area contributed by atoms with E-state index < -0.39 is 11.8 Å². The molecule has 4 nitrogen and oxygen atoms in total. The first-order valence-corrected chi connectivity index (χ1v) is 3.70. The number of anilines is 1. The Kier molecular flexibility index (Phi) is 2.67. The van der Waals surface area contributed by atoms with Crippen molar-refractivity contribution in [3.63, 3.8) is 0 Å². The third kappa shape index (κ3) is 1.70. The van der Waals surface area contributed by atoms with Gasteiger partial charge in [0.1, 0.15) is 5.56 Å². The molecule has 70 valence electrons. The largest absolute Gasteiger partial charge is 0.478 e. The maximum Gasteiger partial charge on any atom is 0.339 e. The molecule has 0 amide bonds. The number of nitrogens with one attached hydrogen (secondary N) is 1. The highest BCUT2D eigenvalue weighted by atomic mass is 35.5. The number of carboxylic acid groups (broad SMARTS) is 1. The number of halogens is 2. The molecule has 0 atom stereocenters. The van der Waals surface area contributed by atoms with Crippen molar-refractivity contribution in [2.75, 3.05) is 12.4 Å². The maximum absolute atomic E-state index is 13.1. The topological polar surface area (TPSA) is 62.2 Å². The Hall–Kier alpha value is -1.36. The van der Waals surface area contributed by atoms with E-state index in [2.05, 4.69) is 10.3 Å². The number of aromatic nitrogens is 1. The first-order chi connectivity index (χ1) is 6.07. The van der Waals surface area contributed by atoms with Gasteiger partial charge in [0.2, 0.25) is 0 Å². The minimum absolute atomic E-state index is 0.160. The van der Waals surface area contributed by atoms with Gasteiger partial charge in [-0.3, -0.25) is 0 Å². The van der Waals surface area contributed by atoms with Gasteiger partial charge in [-0.15, -0.1) is 0 Å². The van der Waals surface area contributed by atoms with Gasteiger partial charge >= 0.3 is 5.97 Å². The van der Waals surface area contributed by atoms with E-state index in [0.717, 1.165) is 6.20 Å². The molecule has 6 heteroatoms. The van der Waals surface area contributed by atoms with Gasteiger partial charge in [0.25, 0.3) is 0 Å². The van der Waals surface area contributed by atoms with Crippen LogP contribution in [0.4, 0.5) is 10.1 Å². The van der Waals surface area contributed by atoms with Gasteiger partial charge in [-0.1, -0.05) is 11.6 Å². The number of carboxylic acids is 1. The van der Waals surface area contributed by atoms with Gasteiger partial charge in [-0.25, -0.2) is 14.2 Å². The van der Waals surface area contributed by atoms with Crippen molar-refractivity contribution in [3.05, 3.63) is 22.7 Å². The molecule has 0 bridgehead atoms. The second-order valence-electron chi connectivity index (χ2n) is 2.21. The second kappa shape index (κ2) is 3.57. The lowest BCUT2D eigenvalue weighted by Crippen LogP contribution is -2.06. The molecule has 0 aliphatic rings. The van der Waals surface area contributed by atoms with Crippen LogP contribution >= 0.6 is 11.6 Å². The Morgan fingerprint density at radius 3 is 2.85 bits per heavy atom. The number of nitrogens with zero attached hydrogens (tertiary/aromatic N) is 1. The third-order valence-electron chi connectivity index (χ3n) is 1.46. The highest BCUT2D eigenvalue weighted by Crippen LogP contribution is 2.23. The second-order valence-corrected chi connectivity index (χ2v) is 2.56. The molecule has 0 saturated carbocycles. The van der Waals surface area contributed by atoms with Gasteiger partial charge in [-0.05, 0) is 0 Å². The van der Waals surface area contributed by atoms with E-state index in [9.17, 15) is 9.18 Å². The summed E-state index contributed by atoms with van der Waals surface area (Å²) in [5.74, 6) is -2.11. The first kappa shape index (κ1) is 9.73. The molecule has 0 radical (unpaired) electrons. The molecule has 1 aromatic rings. The quantitative estimate of drug-likeness (QED) is 0.719. The predicted molar refractivity (Wildman–Crippen MR) is 45.7 cm³/mol. The van der Waals surface area contributed by atoms with E-state index >= 15 is 0 Å². The van der Waals surface area contributed by atoms with Gasteiger partial charge in [0.05, 0.1) is 5.69 Å². The molecule has 0 spiro atoms. The standard InChI is InChI=1S/C7H6ClFN2O2/c1-10-5-3(7(12)13)2-11-6(8)4(5)9/h2H,1H3,(H,10,11)(H,12,13). The van der Waals surface area contributed by atoms with Crippen molar-refractivity contribution in [1.82, 2.24) is 4.98 Å². The smallest absolute Gasteiger partial charge is 0.339 e. The third-order valence-corrected chi connectivity index (χ3v) is 1.72. The summed E-state index contributed by atoms with van der Waals surface area (Å²) in [4.78, 5) is 13.9. The van der Waals surface area contributed by atoms with E-state index in [1.807, 2.05) is 0 Å². The zero-order chi connectivity index (χ0) is 10.0. The van der Waals surface area contributed by atoms with Crippen molar-refractivity contribution < 1.29 is 14.3 Å². The van der Waals surface area contributed by atoms with Crippen LogP contribution in [0.3, 0.4) is 0 Å². The number of pyridine rings is 1. The van der Waals surface area contributed by atoms with E-state index in [-0.39, 0.29) is 16.4 Å². The molecule has 0 saturated heterocycles. The molecule has 13 heavy (non-hydrogen) atoms. The summed E-state index contributed by atoms with van der Waals surface area (Å²) in [7, 11) is 1.40.